The van der Waals surface area contributed by atoms with Crippen LogP contribution in [0.4, 0.5) is 9.18 Å². The number of imide groups is 1. The van der Waals surface area contributed by atoms with Crippen LogP contribution in [-0.4, -0.2) is 48.7 Å². The van der Waals surface area contributed by atoms with E-state index < -0.39 is 12.2 Å². The highest BCUT2D eigenvalue weighted by Crippen LogP contribution is 2.17. The van der Waals surface area contributed by atoms with Crippen LogP contribution in [0.15, 0.2) is 0 Å². The molecule has 3 amide bonds. The molecule has 20 heavy (non-hydrogen) atoms. The van der Waals surface area contributed by atoms with E-state index in [9.17, 15) is 14.0 Å². The van der Waals surface area contributed by atoms with E-state index in [1.165, 1.54) is 6.42 Å². The SMILES string of the molecule is O=C(CN1CCCC(F)C1)NC(=O)NC1CCCCC1. The maximum absolute atomic E-state index is 13.2. The molecule has 1 heterocycles. The fourth-order valence-electron chi connectivity index (χ4n) is 2.98. The maximum Gasteiger partial charge on any atom is 0.321 e. The maximum atomic E-state index is 13.2. The lowest BCUT2D eigenvalue weighted by molar-refractivity contribution is -0.121. The molecule has 1 saturated heterocycles. The van der Waals surface area contributed by atoms with Crippen LogP contribution in [0.2, 0.25) is 0 Å². The molecule has 6 heteroatoms. The monoisotopic (exact) mass is 285 g/mol. The average Bonchev–Trinajstić information content (AvgIpc) is 2.39. The van der Waals surface area contributed by atoms with Gasteiger partial charge in [0.2, 0.25) is 5.91 Å². The number of carbonyl (C=O) groups is 2. The van der Waals surface area contributed by atoms with Crippen molar-refractivity contribution >= 4 is 11.9 Å². The molecule has 1 aliphatic carbocycles. The lowest BCUT2D eigenvalue weighted by Crippen LogP contribution is -2.49. The van der Waals surface area contributed by atoms with E-state index in [0.29, 0.717) is 6.42 Å². The minimum Gasteiger partial charge on any atom is -0.335 e. The molecule has 114 valence electrons. The van der Waals surface area contributed by atoms with Crippen molar-refractivity contribution in [1.82, 2.24) is 15.5 Å². The van der Waals surface area contributed by atoms with Crippen LogP contribution < -0.4 is 10.6 Å². The summed E-state index contributed by atoms with van der Waals surface area (Å²) in [6.07, 6.45) is 5.93. The molecule has 1 saturated carbocycles. The Kier molecular flexibility index (Phi) is 5.76. The second-order valence-electron chi connectivity index (χ2n) is 5.83. The Morgan fingerprint density at radius 3 is 2.55 bits per heavy atom. The zero-order valence-electron chi connectivity index (χ0n) is 11.9. The number of likely N-dealkylation sites (tertiary alicyclic amines) is 1. The van der Waals surface area contributed by atoms with Crippen molar-refractivity contribution in [1.29, 1.82) is 0 Å². The van der Waals surface area contributed by atoms with Gasteiger partial charge in [-0.1, -0.05) is 19.3 Å². The molecule has 0 aromatic heterocycles. The number of urea groups is 1. The second-order valence-corrected chi connectivity index (χ2v) is 5.83. The number of carbonyl (C=O) groups excluding carboxylic acids is 2. The van der Waals surface area contributed by atoms with E-state index in [1.807, 2.05) is 0 Å². The largest absolute Gasteiger partial charge is 0.335 e. The van der Waals surface area contributed by atoms with Gasteiger partial charge in [-0.05, 0) is 32.2 Å². The Balaban J connectivity index is 1.66. The quantitative estimate of drug-likeness (QED) is 0.827. The third-order valence-electron chi connectivity index (χ3n) is 4.01. The van der Waals surface area contributed by atoms with Crippen LogP contribution >= 0.6 is 0 Å². The van der Waals surface area contributed by atoms with E-state index in [1.54, 1.807) is 4.90 Å². The second kappa shape index (κ2) is 7.57. The molecule has 0 spiro atoms. The Labute approximate surface area is 119 Å². The van der Waals surface area contributed by atoms with Crippen molar-refractivity contribution in [3.8, 4) is 0 Å². The van der Waals surface area contributed by atoms with Gasteiger partial charge in [-0.25, -0.2) is 9.18 Å². The molecule has 5 nitrogen and oxygen atoms in total. The number of rotatable bonds is 3. The van der Waals surface area contributed by atoms with Gasteiger partial charge in [0.25, 0.3) is 0 Å². The van der Waals surface area contributed by atoms with Crippen LogP contribution in [0.1, 0.15) is 44.9 Å². The standard InChI is InChI=1S/C14H24FN3O2/c15-11-5-4-8-18(9-11)10-13(19)17-14(20)16-12-6-2-1-3-7-12/h11-12H,1-10H2,(H2,16,17,19,20). The average molecular weight is 285 g/mol. The fourth-order valence-corrected chi connectivity index (χ4v) is 2.98. The Bertz CT molecular complexity index is 345. The topological polar surface area (TPSA) is 61.4 Å². The molecular weight excluding hydrogens is 261 g/mol. The summed E-state index contributed by atoms with van der Waals surface area (Å²) < 4.78 is 13.2. The number of hydrogen-bond donors (Lipinski definition) is 2. The van der Waals surface area contributed by atoms with Crippen molar-refractivity contribution in [3.05, 3.63) is 0 Å². The van der Waals surface area contributed by atoms with Gasteiger partial charge in [0.1, 0.15) is 6.17 Å². The van der Waals surface area contributed by atoms with E-state index in [0.717, 1.165) is 38.6 Å². The molecule has 0 radical (unpaired) electrons. The molecule has 2 aliphatic rings. The summed E-state index contributed by atoms with van der Waals surface area (Å²) in [5.41, 5.74) is 0. The van der Waals surface area contributed by atoms with E-state index >= 15 is 0 Å². The highest BCUT2D eigenvalue weighted by atomic mass is 19.1. The van der Waals surface area contributed by atoms with Crippen molar-refractivity contribution in [3.63, 3.8) is 0 Å². The molecule has 0 bridgehead atoms. The highest BCUT2D eigenvalue weighted by molar-refractivity contribution is 5.95. The molecule has 1 aliphatic heterocycles. The summed E-state index contributed by atoms with van der Waals surface area (Å²) in [6.45, 7) is 1.11. The van der Waals surface area contributed by atoms with Gasteiger partial charge in [-0.2, -0.15) is 0 Å². The first-order valence-corrected chi connectivity index (χ1v) is 7.60. The summed E-state index contributed by atoms with van der Waals surface area (Å²) in [5, 5.41) is 5.17. The first kappa shape index (κ1) is 15.2. The molecule has 1 atom stereocenters. The predicted octanol–water partition coefficient (Wildman–Crippen LogP) is 1.58. The lowest BCUT2D eigenvalue weighted by Gasteiger charge is -2.28. The van der Waals surface area contributed by atoms with Gasteiger partial charge in [0.05, 0.1) is 6.54 Å². The zero-order chi connectivity index (χ0) is 14.4. The number of piperidine rings is 1. The Hall–Kier alpha value is -1.17. The number of hydrogen-bond acceptors (Lipinski definition) is 3. The first-order valence-electron chi connectivity index (χ1n) is 7.60. The van der Waals surface area contributed by atoms with Crippen LogP contribution in [0.5, 0.6) is 0 Å². The third kappa shape index (κ3) is 5.07. The van der Waals surface area contributed by atoms with Crippen molar-refractivity contribution in [2.24, 2.45) is 0 Å². The normalized spacial score (nSPS) is 25.1. The van der Waals surface area contributed by atoms with Crippen molar-refractivity contribution in [2.75, 3.05) is 19.6 Å². The molecule has 0 aromatic carbocycles. The summed E-state index contributed by atoms with van der Waals surface area (Å²) >= 11 is 0. The minimum absolute atomic E-state index is 0.0957. The number of nitrogens with one attached hydrogen (secondary N) is 2. The molecule has 2 fully saturated rings. The zero-order valence-corrected chi connectivity index (χ0v) is 11.9. The Morgan fingerprint density at radius 2 is 1.85 bits per heavy atom. The van der Waals surface area contributed by atoms with Gasteiger partial charge < -0.3 is 5.32 Å². The number of halogens is 1. The predicted molar refractivity (Wildman–Crippen MR) is 74.1 cm³/mol. The first-order chi connectivity index (χ1) is 9.63. The summed E-state index contributed by atoms with van der Waals surface area (Å²) in [7, 11) is 0. The minimum atomic E-state index is -0.854. The highest BCUT2D eigenvalue weighted by Gasteiger charge is 2.22. The Morgan fingerprint density at radius 1 is 1.10 bits per heavy atom. The van der Waals surface area contributed by atoms with Gasteiger partial charge in [-0.3, -0.25) is 15.0 Å². The number of alkyl halides is 1. The van der Waals surface area contributed by atoms with E-state index in [4.69, 9.17) is 0 Å². The van der Waals surface area contributed by atoms with Gasteiger partial charge in [-0.15, -0.1) is 0 Å². The molecule has 0 aromatic rings. The summed E-state index contributed by atoms with van der Waals surface area (Å²) in [4.78, 5) is 25.2. The third-order valence-corrected chi connectivity index (χ3v) is 4.01. The van der Waals surface area contributed by atoms with Crippen molar-refractivity contribution in [2.45, 2.75) is 57.2 Å². The molecule has 1 unspecified atom stereocenters. The molecule has 2 N–H and O–H groups in total. The van der Waals surface area contributed by atoms with Gasteiger partial charge in [0.15, 0.2) is 0 Å². The number of amides is 3. The van der Waals surface area contributed by atoms with Crippen LogP contribution in [-0.2, 0) is 4.79 Å². The smallest absolute Gasteiger partial charge is 0.321 e. The fraction of sp³-hybridized carbons (Fsp3) is 0.857. The van der Waals surface area contributed by atoms with Crippen LogP contribution in [0.25, 0.3) is 0 Å². The summed E-state index contributed by atoms with van der Waals surface area (Å²) in [5.74, 6) is -0.354. The van der Waals surface area contributed by atoms with E-state index in [-0.39, 0.29) is 25.0 Å². The molecular formula is C14H24FN3O2. The van der Waals surface area contributed by atoms with E-state index in [2.05, 4.69) is 10.6 Å². The van der Waals surface area contributed by atoms with Crippen molar-refractivity contribution < 1.29 is 14.0 Å². The molecule has 2 rings (SSSR count). The van der Waals surface area contributed by atoms with Gasteiger partial charge in [0, 0.05) is 12.6 Å². The van der Waals surface area contributed by atoms with Crippen LogP contribution in [0, 0.1) is 0 Å². The lowest BCUT2D eigenvalue weighted by atomic mass is 9.96. The van der Waals surface area contributed by atoms with Crippen LogP contribution in [0.3, 0.4) is 0 Å². The summed E-state index contributed by atoms with van der Waals surface area (Å²) in [6, 6.07) is -0.238. The van der Waals surface area contributed by atoms with Gasteiger partial charge >= 0.3 is 6.03 Å². The number of nitrogens with zero attached hydrogens (tertiary/aromatic N) is 1.